The standard InChI is InChI=1S/C18H14N2S/c1-3-7-15(8-4-1)19-13-17-11-12-18(21-17)14-20-16-9-5-2-6-10-16/h1-14H. The molecule has 0 aliphatic heterocycles. The van der Waals surface area contributed by atoms with Crippen LogP contribution in [-0.4, -0.2) is 12.4 Å². The van der Waals surface area contributed by atoms with Crippen LogP contribution in [0.2, 0.25) is 0 Å². The van der Waals surface area contributed by atoms with Crippen LogP contribution in [0.4, 0.5) is 11.4 Å². The maximum absolute atomic E-state index is 4.45. The Hall–Kier alpha value is -2.52. The minimum atomic E-state index is 0.963. The summed E-state index contributed by atoms with van der Waals surface area (Å²) in [5.41, 5.74) is 1.93. The number of benzene rings is 2. The van der Waals surface area contributed by atoms with Gasteiger partial charge in [0, 0.05) is 22.2 Å². The topological polar surface area (TPSA) is 24.7 Å². The summed E-state index contributed by atoms with van der Waals surface area (Å²) in [5.74, 6) is 0. The van der Waals surface area contributed by atoms with Gasteiger partial charge in [-0.25, -0.2) is 0 Å². The number of hydrogen-bond acceptors (Lipinski definition) is 3. The Morgan fingerprint density at radius 2 is 1.00 bits per heavy atom. The van der Waals surface area contributed by atoms with Crippen LogP contribution >= 0.6 is 11.3 Å². The molecule has 1 heterocycles. The van der Waals surface area contributed by atoms with Crippen molar-refractivity contribution in [3.63, 3.8) is 0 Å². The predicted octanol–water partition coefficient (Wildman–Crippen LogP) is 5.25. The quantitative estimate of drug-likeness (QED) is 0.586. The second-order valence-electron chi connectivity index (χ2n) is 4.43. The first kappa shape index (κ1) is 13.5. The lowest BCUT2D eigenvalue weighted by atomic mass is 10.3. The van der Waals surface area contributed by atoms with Crippen LogP contribution in [-0.2, 0) is 0 Å². The number of hydrogen-bond donors (Lipinski definition) is 0. The monoisotopic (exact) mass is 290 g/mol. The summed E-state index contributed by atoms with van der Waals surface area (Å²) in [5, 5.41) is 0. The van der Waals surface area contributed by atoms with Gasteiger partial charge >= 0.3 is 0 Å². The van der Waals surface area contributed by atoms with E-state index >= 15 is 0 Å². The molecule has 0 bridgehead atoms. The van der Waals surface area contributed by atoms with Gasteiger partial charge in [0.25, 0.3) is 0 Å². The van der Waals surface area contributed by atoms with E-state index in [0.717, 1.165) is 21.1 Å². The van der Waals surface area contributed by atoms with E-state index in [9.17, 15) is 0 Å². The Morgan fingerprint density at radius 1 is 0.571 bits per heavy atom. The number of nitrogens with zero attached hydrogens (tertiary/aromatic N) is 2. The molecule has 0 aliphatic rings. The van der Waals surface area contributed by atoms with E-state index < -0.39 is 0 Å². The van der Waals surface area contributed by atoms with Crippen molar-refractivity contribution in [1.82, 2.24) is 0 Å². The van der Waals surface area contributed by atoms with Gasteiger partial charge in [-0.2, -0.15) is 0 Å². The molecule has 2 nitrogen and oxygen atoms in total. The van der Waals surface area contributed by atoms with Crippen molar-refractivity contribution in [2.24, 2.45) is 9.98 Å². The summed E-state index contributed by atoms with van der Waals surface area (Å²) < 4.78 is 0. The Balaban J connectivity index is 1.69. The Morgan fingerprint density at radius 3 is 1.43 bits per heavy atom. The van der Waals surface area contributed by atoms with E-state index in [1.54, 1.807) is 11.3 Å². The summed E-state index contributed by atoms with van der Waals surface area (Å²) in [7, 11) is 0. The van der Waals surface area contributed by atoms with Crippen molar-refractivity contribution < 1.29 is 0 Å². The fourth-order valence-electron chi connectivity index (χ4n) is 1.81. The lowest BCUT2D eigenvalue weighted by molar-refractivity contribution is 1.54. The molecular weight excluding hydrogens is 276 g/mol. The zero-order chi connectivity index (χ0) is 14.3. The van der Waals surface area contributed by atoms with Crippen molar-refractivity contribution in [1.29, 1.82) is 0 Å². The van der Waals surface area contributed by atoms with E-state index in [1.807, 2.05) is 73.1 Å². The highest BCUT2D eigenvalue weighted by Crippen LogP contribution is 2.17. The van der Waals surface area contributed by atoms with E-state index in [2.05, 4.69) is 22.1 Å². The normalized spacial score (nSPS) is 11.4. The Kier molecular flexibility index (Phi) is 4.34. The molecule has 0 atom stereocenters. The first-order chi connectivity index (χ1) is 10.4. The fourth-order valence-corrected chi connectivity index (χ4v) is 2.57. The summed E-state index contributed by atoms with van der Waals surface area (Å²) >= 11 is 1.67. The third-order valence-electron chi connectivity index (χ3n) is 2.84. The molecule has 0 radical (unpaired) electrons. The number of para-hydroxylation sites is 2. The lowest BCUT2D eigenvalue weighted by Crippen LogP contribution is -1.72. The first-order valence-electron chi connectivity index (χ1n) is 6.68. The molecule has 0 saturated carbocycles. The fraction of sp³-hybridized carbons (Fsp3) is 0. The van der Waals surface area contributed by atoms with Crippen LogP contribution in [0.25, 0.3) is 0 Å². The highest BCUT2D eigenvalue weighted by molar-refractivity contribution is 7.15. The van der Waals surface area contributed by atoms with Gasteiger partial charge in [-0.3, -0.25) is 9.98 Å². The number of aliphatic imine (C=N–C) groups is 2. The summed E-state index contributed by atoms with van der Waals surface area (Å²) in [6, 6.07) is 24.0. The Bertz CT molecular complexity index is 679. The number of thiophene rings is 1. The zero-order valence-corrected chi connectivity index (χ0v) is 12.2. The average molecular weight is 290 g/mol. The summed E-state index contributed by atoms with van der Waals surface area (Å²) in [6.07, 6.45) is 3.78. The SMILES string of the molecule is C(=Nc1ccccc1)c1ccc(C=Nc2ccccc2)s1. The van der Waals surface area contributed by atoms with Crippen LogP contribution in [0.1, 0.15) is 9.75 Å². The molecule has 1 aromatic heterocycles. The van der Waals surface area contributed by atoms with Crippen molar-refractivity contribution in [3.05, 3.63) is 82.6 Å². The molecule has 3 aromatic rings. The molecule has 0 spiro atoms. The maximum Gasteiger partial charge on any atom is 0.0630 e. The molecule has 0 saturated heterocycles. The Labute approximate surface area is 128 Å². The highest BCUT2D eigenvalue weighted by Gasteiger charge is 1.95. The van der Waals surface area contributed by atoms with E-state index in [0.29, 0.717) is 0 Å². The van der Waals surface area contributed by atoms with Crippen LogP contribution in [0.15, 0.2) is 82.8 Å². The summed E-state index contributed by atoms with van der Waals surface area (Å²) in [4.78, 5) is 11.1. The van der Waals surface area contributed by atoms with Gasteiger partial charge in [0.2, 0.25) is 0 Å². The van der Waals surface area contributed by atoms with Crippen molar-refractivity contribution in [2.45, 2.75) is 0 Å². The number of rotatable bonds is 4. The smallest absolute Gasteiger partial charge is 0.0630 e. The van der Waals surface area contributed by atoms with Crippen LogP contribution in [0, 0.1) is 0 Å². The molecule has 3 heteroatoms. The molecule has 0 amide bonds. The first-order valence-corrected chi connectivity index (χ1v) is 7.50. The highest BCUT2D eigenvalue weighted by atomic mass is 32.1. The van der Waals surface area contributed by atoms with Crippen molar-refractivity contribution in [2.75, 3.05) is 0 Å². The van der Waals surface area contributed by atoms with Gasteiger partial charge < -0.3 is 0 Å². The van der Waals surface area contributed by atoms with Crippen LogP contribution < -0.4 is 0 Å². The van der Waals surface area contributed by atoms with E-state index in [4.69, 9.17) is 0 Å². The largest absolute Gasteiger partial charge is 0.255 e. The van der Waals surface area contributed by atoms with Gasteiger partial charge in [-0.15, -0.1) is 11.3 Å². The third-order valence-corrected chi connectivity index (χ3v) is 3.80. The van der Waals surface area contributed by atoms with Crippen LogP contribution in [0.5, 0.6) is 0 Å². The molecule has 3 rings (SSSR count). The van der Waals surface area contributed by atoms with E-state index in [-0.39, 0.29) is 0 Å². The molecule has 0 unspecified atom stereocenters. The van der Waals surface area contributed by atoms with Crippen molar-refractivity contribution in [3.8, 4) is 0 Å². The molecule has 102 valence electrons. The molecule has 2 aromatic carbocycles. The molecular formula is C18H14N2S. The van der Waals surface area contributed by atoms with Gasteiger partial charge in [0.05, 0.1) is 11.4 Å². The maximum atomic E-state index is 4.45. The zero-order valence-electron chi connectivity index (χ0n) is 11.4. The van der Waals surface area contributed by atoms with Gasteiger partial charge in [0.1, 0.15) is 0 Å². The molecule has 0 N–H and O–H groups in total. The van der Waals surface area contributed by atoms with Crippen LogP contribution in [0.3, 0.4) is 0 Å². The van der Waals surface area contributed by atoms with Gasteiger partial charge in [0.15, 0.2) is 0 Å². The minimum Gasteiger partial charge on any atom is -0.255 e. The average Bonchev–Trinajstić information content (AvgIpc) is 3.01. The lowest BCUT2D eigenvalue weighted by Gasteiger charge is -1.90. The second kappa shape index (κ2) is 6.77. The summed E-state index contributed by atoms with van der Waals surface area (Å²) in [6.45, 7) is 0. The third kappa shape index (κ3) is 3.97. The molecule has 0 aliphatic carbocycles. The van der Waals surface area contributed by atoms with Gasteiger partial charge in [-0.05, 0) is 36.4 Å². The second-order valence-corrected chi connectivity index (χ2v) is 5.57. The molecule has 21 heavy (non-hydrogen) atoms. The van der Waals surface area contributed by atoms with Crippen molar-refractivity contribution >= 4 is 35.1 Å². The predicted molar refractivity (Wildman–Crippen MR) is 91.7 cm³/mol. The minimum absolute atomic E-state index is 0.963. The molecule has 0 fully saturated rings. The van der Waals surface area contributed by atoms with E-state index in [1.165, 1.54) is 0 Å². The van der Waals surface area contributed by atoms with Gasteiger partial charge in [-0.1, -0.05) is 36.4 Å².